The molecule has 0 N–H and O–H groups in total. The number of rotatable bonds is 0. The monoisotopic (exact) mass is 177 g/mol. The van der Waals surface area contributed by atoms with Gasteiger partial charge in [-0.3, -0.25) is 4.79 Å². The maximum Gasteiger partial charge on any atom is 0.254 e. The number of hydrogen-bond donors (Lipinski definition) is 0. The molecule has 4 heteroatoms. The molecule has 2 nitrogen and oxygen atoms in total. The molecule has 0 radical (unpaired) electrons. The predicted octanol–water partition coefficient (Wildman–Crippen LogP) is -0.330. The van der Waals surface area contributed by atoms with Gasteiger partial charge in [0.05, 0.1) is 0 Å². The molecule has 0 unspecified atom stereocenters. The van der Waals surface area contributed by atoms with E-state index in [1.807, 2.05) is 0 Å². The minimum Gasteiger partial charge on any atom is -0.337 e. The summed E-state index contributed by atoms with van der Waals surface area (Å²) in [6.07, 6.45) is 0. The van der Waals surface area contributed by atoms with Crippen molar-refractivity contribution >= 4 is 19.2 Å². The standard InChI is InChI=1S/C9H9BFNO/c1-12-4-5-2-8(11)7(10)3-6(5)9(12)13/h2-3H,4,10H2,1H3. The fourth-order valence-electron chi connectivity index (χ4n) is 1.59. The van der Waals surface area contributed by atoms with Crippen molar-refractivity contribution in [1.29, 1.82) is 0 Å². The highest BCUT2D eigenvalue weighted by molar-refractivity contribution is 6.33. The maximum atomic E-state index is 13.1. The van der Waals surface area contributed by atoms with Gasteiger partial charge in [-0.25, -0.2) is 4.39 Å². The van der Waals surface area contributed by atoms with Crippen molar-refractivity contribution in [2.45, 2.75) is 6.54 Å². The SMILES string of the molecule is Bc1cc2c(cc1F)CN(C)C2=O. The molecular weight excluding hydrogens is 168 g/mol. The van der Waals surface area contributed by atoms with Gasteiger partial charge in [-0.05, 0) is 11.6 Å². The largest absolute Gasteiger partial charge is 0.337 e. The number of fused-ring (bicyclic) bond motifs is 1. The Balaban J connectivity index is 2.59. The number of carbonyl (C=O) groups is 1. The first-order valence-electron chi connectivity index (χ1n) is 4.14. The molecular formula is C9H9BFNO. The van der Waals surface area contributed by atoms with E-state index in [2.05, 4.69) is 0 Å². The highest BCUT2D eigenvalue weighted by Gasteiger charge is 2.24. The minimum atomic E-state index is -0.234. The third-order valence-corrected chi connectivity index (χ3v) is 2.37. The normalized spacial score (nSPS) is 14.9. The Kier molecular flexibility index (Phi) is 1.65. The maximum absolute atomic E-state index is 13.1. The van der Waals surface area contributed by atoms with E-state index < -0.39 is 0 Å². The summed E-state index contributed by atoms with van der Waals surface area (Å²) in [5, 5.41) is 0. The first-order valence-corrected chi connectivity index (χ1v) is 4.14. The Hall–Kier alpha value is -1.32. The van der Waals surface area contributed by atoms with Crippen LogP contribution in [0, 0.1) is 5.82 Å². The van der Waals surface area contributed by atoms with Gasteiger partial charge < -0.3 is 4.90 Å². The van der Waals surface area contributed by atoms with E-state index in [1.165, 1.54) is 6.07 Å². The topological polar surface area (TPSA) is 20.3 Å². The third-order valence-electron chi connectivity index (χ3n) is 2.37. The second kappa shape index (κ2) is 2.59. The molecule has 0 saturated heterocycles. The Morgan fingerprint density at radius 2 is 2.23 bits per heavy atom. The predicted molar refractivity (Wildman–Crippen MR) is 50.4 cm³/mol. The van der Waals surface area contributed by atoms with Crippen LogP contribution in [0.5, 0.6) is 0 Å². The molecule has 1 aliphatic heterocycles. The molecule has 66 valence electrons. The summed E-state index contributed by atoms with van der Waals surface area (Å²) in [5.74, 6) is -0.250. The van der Waals surface area contributed by atoms with E-state index in [4.69, 9.17) is 0 Å². The van der Waals surface area contributed by atoms with Gasteiger partial charge in [0.15, 0.2) is 0 Å². The summed E-state index contributed by atoms with van der Waals surface area (Å²) >= 11 is 0. The average molecular weight is 177 g/mol. The Labute approximate surface area is 76.8 Å². The van der Waals surface area contributed by atoms with Crippen molar-refractivity contribution in [2.24, 2.45) is 0 Å². The molecule has 0 saturated carbocycles. The van der Waals surface area contributed by atoms with Crippen molar-refractivity contribution in [3.05, 3.63) is 29.1 Å². The first kappa shape index (κ1) is 8.29. The summed E-state index contributed by atoms with van der Waals surface area (Å²) in [6, 6.07) is 3.07. The molecule has 1 heterocycles. The van der Waals surface area contributed by atoms with E-state index in [1.54, 1.807) is 25.9 Å². The van der Waals surface area contributed by atoms with Gasteiger partial charge in [0.25, 0.3) is 5.91 Å². The molecule has 1 amide bonds. The number of carbonyl (C=O) groups excluding carboxylic acids is 1. The first-order chi connectivity index (χ1) is 6.09. The second-order valence-corrected chi connectivity index (χ2v) is 3.42. The molecule has 1 aromatic rings. The van der Waals surface area contributed by atoms with Crippen LogP contribution in [0.25, 0.3) is 0 Å². The van der Waals surface area contributed by atoms with Gasteiger partial charge in [0.1, 0.15) is 13.7 Å². The number of benzene rings is 1. The smallest absolute Gasteiger partial charge is 0.254 e. The quantitative estimate of drug-likeness (QED) is 0.497. The zero-order valence-corrected chi connectivity index (χ0v) is 7.60. The number of amides is 1. The fraction of sp³-hybridized carbons (Fsp3) is 0.222. The van der Waals surface area contributed by atoms with Crippen LogP contribution in [0.4, 0.5) is 4.39 Å². The van der Waals surface area contributed by atoms with E-state index in [9.17, 15) is 9.18 Å². The van der Waals surface area contributed by atoms with Crippen molar-refractivity contribution in [1.82, 2.24) is 4.90 Å². The van der Waals surface area contributed by atoms with Crippen molar-refractivity contribution in [3.8, 4) is 0 Å². The van der Waals surface area contributed by atoms with Gasteiger partial charge in [-0.1, -0.05) is 11.5 Å². The van der Waals surface area contributed by atoms with Gasteiger partial charge in [0, 0.05) is 19.2 Å². The lowest BCUT2D eigenvalue weighted by molar-refractivity contribution is 0.0816. The lowest BCUT2D eigenvalue weighted by Gasteiger charge is -2.04. The fourth-order valence-corrected chi connectivity index (χ4v) is 1.59. The molecule has 13 heavy (non-hydrogen) atoms. The highest BCUT2D eigenvalue weighted by atomic mass is 19.1. The van der Waals surface area contributed by atoms with E-state index in [0.29, 0.717) is 17.6 Å². The summed E-state index contributed by atoms with van der Waals surface area (Å²) in [5.41, 5.74) is 1.96. The summed E-state index contributed by atoms with van der Waals surface area (Å²) in [4.78, 5) is 13.1. The van der Waals surface area contributed by atoms with Crippen LogP contribution >= 0.6 is 0 Å². The van der Waals surface area contributed by atoms with E-state index in [-0.39, 0.29) is 11.7 Å². The second-order valence-electron chi connectivity index (χ2n) is 3.42. The van der Waals surface area contributed by atoms with Crippen LogP contribution in [0.3, 0.4) is 0 Å². The lowest BCUT2D eigenvalue weighted by atomic mass is 9.92. The summed E-state index contributed by atoms with van der Waals surface area (Å²) in [6.45, 7) is 0.519. The van der Waals surface area contributed by atoms with Crippen molar-refractivity contribution in [3.63, 3.8) is 0 Å². The van der Waals surface area contributed by atoms with Gasteiger partial charge in [-0.2, -0.15) is 0 Å². The van der Waals surface area contributed by atoms with Crippen LogP contribution < -0.4 is 5.46 Å². The molecule has 0 spiro atoms. The molecule has 1 aliphatic rings. The van der Waals surface area contributed by atoms with Crippen LogP contribution in [0.2, 0.25) is 0 Å². The number of hydrogen-bond acceptors (Lipinski definition) is 1. The molecule has 0 aromatic heterocycles. The zero-order chi connectivity index (χ0) is 9.59. The third kappa shape index (κ3) is 1.13. The average Bonchev–Trinajstić information content (AvgIpc) is 2.32. The molecule has 0 bridgehead atoms. The van der Waals surface area contributed by atoms with Gasteiger partial charge in [0.2, 0.25) is 0 Å². The minimum absolute atomic E-state index is 0.0156. The van der Waals surface area contributed by atoms with Crippen LogP contribution in [0.15, 0.2) is 12.1 Å². The van der Waals surface area contributed by atoms with E-state index >= 15 is 0 Å². The van der Waals surface area contributed by atoms with Crippen LogP contribution in [-0.2, 0) is 6.54 Å². The zero-order valence-electron chi connectivity index (χ0n) is 7.60. The molecule has 1 aromatic carbocycles. The van der Waals surface area contributed by atoms with Crippen LogP contribution in [-0.4, -0.2) is 25.7 Å². The highest BCUT2D eigenvalue weighted by Crippen LogP contribution is 2.20. The molecule has 0 atom stereocenters. The van der Waals surface area contributed by atoms with Gasteiger partial charge >= 0.3 is 0 Å². The Morgan fingerprint density at radius 3 is 2.92 bits per heavy atom. The Morgan fingerprint density at radius 1 is 1.54 bits per heavy atom. The van der Waals surface area contributed by atoms with Crippen molar-refractivity contribution < 1.29 is 9.18 Å². The lowest BCUT2D eigenvalue weighted by Crippen LogP contribution is -2.18. The number of nitrogens with zero attached hydrogens (tertiary/aromatic N) is 1. The van der Waals surface area contributed by atoms with Gasteiger partial charge in [-0.15, -0.1) is 0 Å². The summed E-state index contributed by atoms with van der Waals surface area (Å²) < 4.78 is 13.1. The Bertz CT molecular complexity index is 391. The van der Waals surface area contributed by atoms with Crippen molar-refractivity contribution in [2.75, 3.05) is 7.05 Å². The molecule has 0 fully saturated rings. The van der Waals surface area contributed by atoms with E-state index in [0.717, 1.165) is 5.56 Å². The molecule has 0 aliphatic carbocycles. The van der Waals surface area contributed by atoms with Crippen LogP contribution in [0.1, 0.15) is 15.9 Å². The number of halogens is 1. The molecule has 2 rings (SSSR count). The summed E-state index contributed by atoms with van der Waals surface area (Å²) in [7, 11) is 3.39.